The molecular formula is C15H22N2O4. The van der Waals surface area contributed by atoms with Gasteiger partial charge in [-0.1, -0.05) is 25.8 Å². The monoisotopic (exact) mass is 294 g/mol. The summed E-state index contributed by atoms with van der Waals surface area (Å²) in [7, 11) is 3.13. The minimum Gasteiger partial charge on any atom is -0.497 e. The number of anilines is 1. The number of hydrogen-bond donors (Lipinski definition) is 2. The van der Waals surface area contributed by atoms with Crippen molar-refractivity contribution in [3.05, 3.63) is 24.3 Å². The summed E-state index contributed by atoms with van der Waals surface area (Å²) < 4.78 is 5.10. The van der Waals surface area contributed by atoms with E-state index in [-0.39, 0.29) is 0 Å². The van der Waals surface area contributed by atoms with Crippen molar-refractivity contribution in [3.63, 3.8) is 0 Å². The Kier molecular flexibility index (Phi) is 6.52. The van der Waals surface area contributed by atoms with Crippen molar-refractivity contribution in [1.29, 1.82) is 0 Å². The van der Waals surface area contributed by atoms with E-state index in [0.29, 0.717) is 17.9 Å². The molecule has 6 nitrogen and oxygen atoms in total. The minimum absolute atomic E-state index is 0.420. The number of ether oxygens (including phenoxy) is 1. The van der Waals surface area contributed by atoms with Crippen LogP contribution in [0, 0.1) is 0 Å². The zero-order valence-electron chi connectivity index (χ0n) is 12.6. The molecule has 0 saturated heterocycles. The molecule has 0 saturated carbocycles. The number of hydrogen-bond acceptors (Lipinski definition) is 3. The van der Waals surface area contributed by atoms with Crippen molar-refractivity contribution in [2.75, 3.05) is 19.1 Å². The van der Waals surface area contributed by atoms with Crippen LogP contribution in [0.25, 0.3) is 0 Å². The zero-order valence-corrected chi connectivity index (χ0v) is 12.6. The molecule has 6 heteroatoms. The normalized spacial score (nSPS) is 11.6. The predicted molar refractivity (Wildman–Crippen MR) is 80.9 cm³/mol. The summed E-state index contributed by atoms with van der Waals surface area (Å²) in [5.41, 5.74) is 0.631. The molecule has 0 aromatic heterocycles. The molecule has 0 unspecified atom stereocenters. The molecule has 0 bridgehead atoms. The maximum absolute atomic E-state index is 12.1. The van der Waals surface area contributed by atoms with Gasteiger partial charge in [0.2, 0.25) is 0 Å². The number of aliphatic carboxylic acids is 1. The molecular weight excluding hydrogens is 272 g/mol. The van der Waals surface area contributed by atoms with E-state index in [4.69, 9.17) is 9.84 Å². The fraction of sp³-hybridized carbons (Fsp3) is 0.467. The van der Waals surface area contributed by atoms with Gasteiger partial charge >= 0.3 is 12.0 Å². The van der Waals surface area contributed by atoms with Crippen LogP contribution in [-0.4, -0.2) is 37.3 Å². The van der Waals surface area contributed by atoms with Crippen molar-refractivity contribution in [3.8, 4) is 5.75 Å². The van der Waals surface area contributed by atoms with Gasteiger partial charge in [-0.2, -0.15) is 0 Å². The van der Waals surface area contributed by atoms with Gasteiger partial charge < -0.3 is 15.2 Å². The van der Waals surface area contributed by atoms with Crippen LogP contribution in [0.5, 0.6) is 5.75 Å². The van der Waals surface area contributed by atoms with Gasteiger partial charge in [-0.25, -0.2) is 9.59 Å². The highest BCUT2D eigenvalue weighted by Gasteiger charge is 2.21. The lowest BCUT2D eigenvalue weighted by Crippen LogP contribution is -2.46. The molecule has 0 fully saturated rings. The third kappa shape index (κ3) is 4.98. The number of urea groups is 1. The van der Waals surface area contributed by atoms with Gasteiger partial charge in [-0.15, -0.1) is 0 Å². The minimum atomic E-state index is -1.02. The van der Waals surface area contributed by atoms with E-state index in [9.17, 15) is 9.59 Å². The first-order valence-electron chi connectivity index (χ1n) is 6.90. The molecule has 0 spiro atoms. The highest BCUT2D eigenvalue weighted by molar-refractivity contribution is 5.94. The Hall–Kier alpha value is -2.24. The van der Waals surface area contributed by atoms with Crippen LogP contribution in [0.2, 0.25) is 0 Å². The number of carbonyl (C=O) groups excluding carboxylic acids is 1. The van der Waals surface area contributed by atoms with Gasteiger partial charge in [0.15, 0.2) is 0 Å². The van der Waals surface area contributed by atoms with Gasteiger partial charge in [0, 0.05) is 18.8 Å². The molecule has 0 radical (unpaired) electrons. The lowest BCUT2D eigenvalue weighted by molar-refractivity contribution is -0.139. The van der Waals surface area contributed by atoms with Gasteiger partial charge in [0.25, 0.3) is 0 Å². The molecule has 1 atom stereocenters. The second-order valence-corrected chi connectivity index (χ2v) is 4.74. The summed E-state index contributed by atoms with van der Waals surface area (Å²) in [5, 5.41) is 11.7. The number of carboxylic acid groups (broad SMARTS) is 1. The number of nitrogens with one attached hydrogen (secondary N) is 1. The predicted octanol–water partition coefficient (Wildman–Crippen LogP) is 2.48. The van der Waals surface area contributed by atoms with E-state index in [1.54, 1.807) is 38.4 Å². The maximum atomic E-state index is 12.1. The van der Waals surface area contributed by atoms with Crippen molar-refractivity contribution in [2.24, 2.45) is 0 Å². The van der Waals surface area contributed by atoms with E-state index in [1.165, 1.54) is 4.90 Å². The summed E-state index contributed by atoms with van der Waals surface area (Å²) in [6, 6.07) is 5.68. The molecule has 21 heavy (non-hydrogen) atoms. The number of nitrogens with zero attached hydrogens (tertiary/aromatic N) is 1. The van der Waals surface area contributed by atoms with Crippen LogP contribution in [0.1, 0.15) is 26.2 Å². The first kappa shape index (κ1) is 16.8. The van der Waals surface area contributed by atoms with E-state index >= 15 is 0 Å². The molecule has 0 aliphatic carbocycles. The summed E-state index contributed by atoms with van der Waals surface area (Å²) in [6.45, 7) is 1.98. The van der Waals surface area contributed by atoms with Crippen molar-refractivity contribution in [1.82, 2.24) is 5.32 Å². The molecule has 0 aliphatic heterocycles. The second-order valence-electron chi connectivity index (χ2n) is 4.74. The Morgan fingerprint density at radius 2 is 2.14 bits per heavy atom. The lowest BCUT2D eigenvalue weighted by Gasteiger charge is -2.21. The first-order chi connectivity index (χ1) is 9.99. The Morgan fingerprint density at radius 3 is 2.71 bits per heavy atom. The zero-order chi connectivity index (χ0) is 15.8. The number of carbonyl (C=O) groups is 2. The van der Waals surface area contributed by atoms with Gasteiger partial charge in [-0.05, 0) is 18.6 Å². The summed E-state index contributed by atoms with van der Waals surface area (Å²) in [6.07, 6.45) is 2.05. The van der Waals surface area contributed by atoms with Gasteiger partial charge in [0.05, 0.1) is 7.11 Å². The fourth-order valence-corrected chi connectivity index (χ4v) is 1.85. The fourth-order valence-electron chi connectivity index (χ4n) is 1.85. The van der Waals surface area contributed by atoms with E-state index in [0.717, 1.165) is 12.8 Å². The molecule has 116 valence electrons. The lowest BCUT2D eigenvalue weighted by atomic mass is 10.1. The number of methoxy groups -OCH3 is 1. The average molecular weight is 294 g/mol. The topological polar surface area (TPSA) is 78.9 Å². The number of amides is 2. The average Bonchev–Trinajstić information content (AvgIpc) is 2.50. The second kappa shape index (κ2) is 8.14. The molecule has 0 aliphatic rings. The third-order valence-electron chi connectivity index (χ3n) is 3.19. The summed E-state index contributed by atoms with van der Waals surface area (Å²) >= 11 is 0. The van der Waals surface area contributed by atoms with Gasteiger partial charge in [0.1, 0.15) is 11.8 Å². The quantitative estimate of drug-likeness (QED) is 0.809. The van der Waals surface area contributed by atoms with Crippen LogP contribution in [0.15, 0.2) is 24.3 Å². The largest absolute Gasteiger partial charge is 0.497 e. The Labute approximate surface area is 124 Å². The smallest absolute Gasteiger partial charge is 0.326 e. The van der Waals surface area contributed by atoms with Crippen LogP contribution >= 0.6 is 0 Å². The van der Waals surface area contributed by atoms with Crippen LogP contribution in [0.3, 0.4) is 0 Å². The number of benzene rings is 1. The molecule has 1 rings (SSSR count). The molecule has 2 amide bonds. The SMILES string of the molecule is CCCC[C@H](NC(=O)N(C)c1cccc(OC)c1)C(=O)O. The molecule has 1 aromatic carbocycles. The highest BCUT2D eigenvalue weighted by Crippen LogP contribution is 2.20. The number of carboxylic acids is 1. The van der Waals surface area contributed by atoms with Crippen molar-refractivity contribution < 1.29 is 19.4 Å². The third-order valence-corrected chi connectivity index (χ3v) is 3.19. The van der Waals surface area contributed by atoms with Crippen LogP contribution in [0.4, 0.5) is 10.5 Å². The maximum Gasteiger partial charge on any atom is 0.326 e. The summed E-state index contributed by atoms with van der Waals surface area (Å²) in [5.74, 6) is -0.385. The highest BCUT2D eigenvalue weighted by atomic mass is 16.5. The number of rotatable bonds is 7. The van der Waals surface area contributed by atoms with E-state index < -0.39 is 18.0 Å². The molecule has 2 N–H and O–H groups in total. The van der Waals surface area contributed by atoms with E-state index in [2.05, 4.69) is 5.32 Å². The standard InChI is InChI=1S/C15H22N2O4/c1-4-5-9-13(14(18)19)16-15(20)17(2)11-7-6-8-12(10-11)21-3/h6-8,10,13H,4-5,9H2,1-3H3,(H,16,20)(H,18,19)/t13-/m0/s1. The first-order valence-corrected chi connectivity index (χ1v) is 6.90. The summed E-state index contributed by atoms with van der Waals surface area (Å²) in [4.78, 5) is 24.6. The van der Waals surface area contributed by atoms with E-state index in [1.807, 2.05) is 6.92 Å². The Balaban J connectivity index is 2.74. The molecule has 0 heterocycles. The van der Waals surface area contributed by atoms with Crippen molar-refractivity contribution in [2.45, 2.75) is 32.2 Å². The van der Waals surface area contributed by atoms with Crippen LogP contribution in [-0.2, 0) is 4.79 Å². The number of unbranched alkanes of at least 4 members (excludes halogenated alkanes) is 1. The van der Waals surface area contributed by atoms with Crippen LogP contribution < -0.4 is 15.0 Å². The Bertz CT molecular complexity index is 490. The molecule has 1 aromatic rings. The van der Waals surface area contributed by atoms with Crippen molar-refractivity contribution >= 4 is 17.7 Å². The van der Waals surface area contributed by atoms with Gasteiger partial charge in [-0.3, -0.25) is 4.90 Å². The Morgan fingerprint density at radius 1 is 1.43 bits per heavy atom.